The quantitative estimate of drug-likeness (QED) is 0.422. The zero-order valence-corrected chi connectivity index (χ0v) is 12.3. The van der Waals surface area contributed by atoms with Gasteiger partial charge in [0, 0.05) is 17.7 Å². The number of aromatic nitrogens is 2. The van der Waals surface area contributed by atoms with Gasteiger partial charge in [-0.15, -0.1) is 11.3 Å². The smallest absolute Gasteiger partial charge is 0.267 e. The Morgan fingerprint density at radius 2 is 2.23 bits per heavy atom. The highest BCUT2D eigenvalue weighted by atomic mass is 32.1. The Labute approximate surface area is 128 Å². The molecule has 0 aliphatic rings. The average Bonchev–Trinajstić information content (AvgIpc) is 2.95. The molecule has 8 heteroatoms. The first-order valence-electron chi connectivity index (χ1n) is 6.32. The maximum Gasteiger partial charge on any atom is 0.282 e. The Hall–Kier alpha value is -2.87. The van der Waals surface area contributed by atoms with E-state index in [1.165, 1.54) is 34.4 Å². The number of thiophene rings is 1. The molecule has 1 aromatic carbocycles. The number of aryl methyl sites for hydroxylation is 1. The molecule has 0 fully saturated rings. The van der Waals surface area contributed by atoms with Gasteiger partial charge in [0.05, 0.1) is 16.5 Å². The van der Waals surface area contributed by atoms with Crippen molar-refractivity contribution < 1.29 is 4.92 Å². The summed E-state index contributed by atoms with van der Waals surface area (Å²) < 4.78 is 1.19. The number of rotatable bonds is 3. The Morgan fingerprint density at radius 1 is 1.41 bits per heavy atom. The molecule has 0 spiro atoms. The first-order valence-corrected chi connectivity index (χ1v) is 7.20. The minimum atomic E-state index is -0.478. The number of hydrogen-bond acceptors (Lipinski definition) is 6. The fourth-order valence-corrected chi connectivity index (χ4v) is 2.79. The molecule has 0 radical (unpaired) electrons. The third-order valence-corrected chi connectivity index (χ3v) is 3.85. The molecule has 7 nitrogen and oxygen atoms in total. The molecule has 0 atom stereocenters. The van der Waals surface area contributed by atoms with E-state index in [0.29, 0.717) is 21.6 Å². The first kappa shape index (κ1) is 14.1. The van der Waals surface area contributed by atoms with Gasteiger partial charge in [-0.25, -0.2) is 4.98 Å². The summed E-state index contributed by atoms with van der Waals surface area (Å²) in [5, 5.41) is 17.2. The average molecular weight is 314 g/mol. The Bertz CT molecular complexity index is 958. The monoisotopic (exact) mass is 314 g/mol. The van der Waals surface area contributed by atoms with Crippen molar-refractivity contribution in [2.75, 3.05) is 0 Å². The minimum absolute atomic E-state index is 0.0283. The minimum Gasteiger partial charge on any atom is -0.267 e. The number of nitro groups is 1. The van der Waals surface area contributed by atoms with E-state index in [1.807, 2.05) is 0 Å². The van der Waals surface area contributed by atoms with Gasteiger partial charge in [-0.2, -0.15) is 9.78 Å². The van der Waals surface area contributed by atoms with E-state index in [0.717, 1.165) is 0 Å². The van der Waals surface area contributed by atoms with Crippen LogP contribution in [0.2, 0.25) is 0 Å². The predicted octanol–water partition coefficient (Wildman–Crippen LogP) is 2.56. The first-order chi connectivity index (χ1) is 10.6. The third kappa shape index (κ3) is 2.51. The lowest BCUT2D eigenvalue weighted by atomic mass is 10.2. The molecule has 2 heterocycles. The number of nitro benzene ring substituents is 1. The second kappa shape index (κ2) is 5.49. The van der Waals surface area contributed by atoms with E-state index < -0.39 is 4.92 Å². The van der Waals surface area contributed by atoms with Crippen LogP contribution < -0.4 is 5.56 Å². The molecule has 0 bridgehead atoms. The SMILES string of the molecule is Cc1nc2sccc2c(=O)n1/N=C\c1cccc([N+](=O)[O-])c1. The summed E-state index contributed by atoms with van der Waals surface area (Å²) in [6, 6.07) is 7.73. The number of benzene rings is 1. The molecule has 2 aromatic heterocycles. The molecule has 0 aliphatic heterocycles. The van der Waals surface area contributed by atoms with Gasteiger partial charge >= 0.3 is 0 Å². The van der Waals surface area contributed by atoms with Crippen LogP contribution in [0.5, 0.6) is 0 Å². The van der Waals surface area contributed by atoms with Gasteiger partial charge in [-0.3, -0.25) is 14.9 Å². The molecule has 0 amide bonds. The summed E-state index contributed by atoms with van der Waals surface area (Å²) in [4.78, 5) is 27.6. The van der Waals surface area contributed by atoms with E-state index in [9.17, 15) is 14.9 Å². The second-order valence-corrected chi connectivity index (χ2v) is 5.41. The van der Waals surface area contributed by atoms with Crippen LogP contribution in [-0.2, 0) is 0 Å². The van der Waals surface area contributed by atoms with Crippen molar-refractivity contribution in [1.82, 2.24) is 9.66 Å². The zero-order chi connectivity index (χ0) is 15.7. The summed E-state index contributed by atoms with van der Waals surface area (Å²) in [5.41, 5.74) is 0.246. The van der Waals surface area contributed by atoms with Gasteiger partial charge in [0.1, 0.15) is 10.7 Å². The predicted molar refractivity (Wildman–Crippen MR) is 84.7 cm³/mol. The molecule has 0 N–H and O–H groups in total. The molecule has 0 aliphatic carbocycles. The van der Waals surface area contributed by atoms with Crippen molar-refractivity contribution in [1.29, 1.82) is 0 Å². The summed E-state index contributed by atoms with van der Waals surface area (Å²) in [7, 11) is 0. The highest BCUT2D eigenvalue weighted by Crippen LogP contribution is 2.15. The largest absolute Gasteiger partial charge is 0.282 e. The van der Waals surface area contributed by atoms with Crippen molar-refractivity contribution in [3.8, 4) is 0 Å². The van der Waals surface area contributed by atoms with Crippen molar-refractivity contribution in [3.05, 3.63) is 67.6 Å². The molecule has 3 rings (SSSR count). The summed E-state index contributed by atoms with van der Waals surface area (Å²) in [6.45, 7) is 1.69. The number of nitrogens with zero attached hydrogens (tertiary/aromatic N) is 4. The van der Waals surface area contributed by atoms with Crippen LogP contribution in [0, 0.1) is 17.0 Å². The highest BCUT2D eigenvalue weighted by molar-refractivity contribution is 7.16. The summed E-state index contributed by atoms with van der Waals surface area (Å²) in [6.07, 6.45) is 1.40. The highest BCUT2D eigenvalue weighted by Gasteiger charge is 2.08. The molecular weight excluding hydrogens is 304 g/mol. The van der Waals surface area contributed by atoms with Crippen molar-refractivity contribution in [2.45, 2.75) is 6.92 Å². The molecule has 0 saturated carbocycles. The lowest BCUT2D eigenvalue weighted by molar-refractivity contribution is -0.384. The van der Waals surface area contributed by atoms with Crippen molar-refractivity contribution in [2.24, 2.45) is 5.10 Å². The number of fused-ring (bicyclic) bond motifs is 1. The van der Waals surface area contributed by atoms with Gasteiger partial charge in [0.2, 0.25) is 0 Å². The number of non-ortho nitro benzene ring substituents is 1. The van der Waals surface area contributed by atoms with Gasteiger partial charge < -0.3 is 0 Å². The summed E-state index contributed by atoms with van der Waals surface area (Å²) in [5.74, 6) is 0.460. The molecular formula is C14H10N4O3S. The van der Waals surface area contributed by atoms with Gasteiger partial charge in [-0.1, -0.05) is 12.1 Å². The summed E-state index contributed by atoms with van der Waals surface area (Å²) >= 11 is 1.39. The van der Waals surface area contributed by atoms with Crippen LogP contribution in [0.3, 0.4) is 0 Å². The topological polar surface area (TPSA) is 90.4 Å². The van der Waals surface area contributed by atoms with Gasteiger partial charge in [0.15, 0.2) is 0 Å². The van der Waals surface area contributed by atoms with Crippen LogP contribution in [-0.4, -0.2) is 20.8 Å². The van der Waals surface area contributed by atoms with E-state index in [-0.39, 0.29) is 11.2 Å². The standard InChI is InChI=1S/C14H10N4O3S/c1-9-16-13-12(5-6-22-13)14(19)17(9)15-8-10-3-2-4-11(7-10)18(20)21/h2-8H,1H3/b15-8-. The number of hydrogen-bond donors (Lipinski definition) is 0. The normalized spacial score (nSPS) is 11.3. The van der Waals surface area contributed by atoms with Gasteiger partial charge in [-0.05, 0) is 18.4 Å². The van der Waals surface area contributed by atoms with Crippen molar-refractivity contribution in [3.63, 3.8) is 0 Å². The Kier molecular flexibility index (Phi) is 3.51. The van der Waals surface area contributed by atoms with E-state index >= 15 is 0 Å². The molecule has 110 valence electrons. The van der Waals surface area contributed by atoms with Crippen LogP contribution in [0.4, 0.5) is 5.69 Å². The van der Waals surface area contributed by atoms with E-state index in [1.54, 1.807) is 30.5 Å². The molecule has 0 unspecified atom stereocenters. The van der Waals surface area contributed by atoms with Crippen LogP contribution in [0.1, 0.15) is 11.4 Å². The lowest BCUT2D eigenvalue weighted by Crippen LogP contribution is -2.19. The fourth-order valence-electron chi connectivity index (χ4n) is 1.99. The molecule has 22 heavy (non-hydrogen) atoms. The van der Waals surface area contributed by atoms with Crippen LogP contribution in [0.25, 0.3) is 10.2 Å². The molecule has 0 saturated heterocycles. The Morgan fingerprint density at radius 3 is 3.00 bits per heavy atom. The van der Waals surface area contributed by atoms with Crippen LogP contribution in [0.15, 0.2) is 45.6 Å². The fraction of sp³-hybridized carbons (Fsp3) is 0.0714. The maximum atomic E-state index is 12.3. The third-order valence-electron chi connectivity index (χ3n) is 3.04. The van der Waals surface area contributed by atoms with Crippen molar-refractivity contribution >= 4 is 33.5 Å². The van der Waals surface area contributed by atoms with Gasteiger partial charge in [0.25, 0.3) is 11.2 Å². The van der Waals surface area contributed by atoms with Crippen LogP contribution >= 0.6 is 11.3 Å². The zero-order valence-electron chi connectivity index (χ0n) is 11.5. The molecule has 3 aromatic rings. The second-order valence-electron chi connectivity index (χ2n) is 4.51. The Balaban J connectivity index is 2.04. The lowest BCUT2D eigenvalue weighted by Gasteiger charge is -2.02. The maximum absolute atomic E-state index is 12.3. The van der Waals surface area contributed by atoms with E-state index in [4.69, 9.17) is 0 Å². The van der Waals surface area contributed by atoms with E-state index in [2.05, 4.69) is 10.1 Å².